The summed E-state index contributed by atoms with van der Waals surface area (Å²) < 4.78 is 1.61. The fraction of sp³-hybridized carbons (Fsp3) is 0.667. The van der Waals surface area contributed by atoms with E-state index in [1.54, 1.807) is 11.7 Å². The SMILES string of the molecule is CCC(NCc1c(C(=O)O)cnn1C)C(C)C. The van der Waals surface area contributed by atoms with Gasteiger partial charge in [0.15, 0.2) is 0 Å². The lowest BCUT2D eigenvalue weighted by Gasteiger charge is -2.20. The summed E-state index contributed by atoms with van der Waals surface area (Å²) in [5.41, 5.74) is 0.996. The number of carbonyl (C=O) groups is 1. The van der Waals surface area contributed by atoms with Crippen LogP contribution < -0.4 is 5.32 Å². The highest BCUT2D eigenvalue weighted by molar-refractivity contribution is 5.88. The van der Waals surface area contributed by atoms with Crippen LogP contribution in [0.3, 0.4) is 0 Å². The van der Waals surface area contributed by atoms with E-state index in [1.807, 2.05) is 0 Å². The Morgan fingerprint density at radius 2 is 2.24 bits per heavy atom. The van der Waals surface area contributed by atoms with Gasteiger partial charge >= 0.3 is 5.97 Å². The minimum atomic E-state index is -0.924. The van der Waals surface area contributed by atoms with Gasteiger partial charge in [-0.15, -0.1) is 0 Å². The van der Waals surface area contributed by atoms with Crippen molar-refractivity contribution in [3.8, 4) is 0 Å². The van der Waals surface area contributed by atoms with Crippen molar-refractivity contribution in [1.29, 1.82) is 0 Å². The summed E-state index contributed by atoms with van der Waals surface area (Å²) in [5.74, 6) is -0.394. The number of rotatable bonds is 6. The van der Waals surface area contributed by atoms with Gasteiger partial charge in [-0.25, -0.2) is 4.79 Å². The van der Waals surface area contributed by atoms with Crippen molar-refractivity contribution < 1.29 is 9.90 Å². The number of aromatic carboxylic acids is 1. The Labute approximate surface area is 102 Å². The molecule has 0 aromatic carbocycles. The second-order valence-corrected chi connectivity index (χ2v) is 4.57. The molecule has 1 unspecified atom stereocenters. The molecular weight excluding hydrogens is 218 g/mol. The molecule has 1 aromatic heterocycles. The molecule has 0 aliphatic carbocycles. The largest absolute Gasteiger partial charge is 0.478 e. The predicted octanol–water partition coefficient (Wildman–Crippen LogP) is 1.64. The Kier molecular flexibility index (Phi) is 4.69. The highest BCUT2D eigenvalue weighted by Gasteiger charge is 2.17. The third-order valence-corrected chi connectivity index (χ3v) is 3.07. The van der Waals surface area contributed by atoms with Crippen LogP contribution in [0.4, 0.5) is 0 Å². The van der Waals surface area contributed by atoms with Crippen LogP contribution in [0.15, 0.2) is 6.20 Å². The molecule has 1 rings (SSSR count). The van der Waals surface area contributed by atoms with E-state index in [1.165, 1.54) is 6.20 Å². The summed E-state index contributed by atoms with van der Waals surface area (Å²) in [7, 11) is 1.76. The Morgan fingerprint density at radius 3 is 2.71 bits per heavy atom. The number of nitrogens with one attached hydrogen (secondary N) is 1. The quantitative estimate of drug-likeness (QED) is 0.792. The zero-order valence-electron chi connectivity index (χ0n) is 10.9. The molecule has 0 bridgehead atoms. The predicted molar refractivity (Wildman–Crippen MR) is 65.9 cm³/mol. The summed E-state index contributed by atoms with van der Waals surface area (Å²) in [5, 5.41) is 16.4. The first-order chi connectivity index (χ1) is 7.97. The average Bonchev–Trinajstić information content (AvgIpc) is 2.61. The van der Waals surface area contributed by atoms with Crippen LogP contribution in [0.25, 0.3) is 0 Å². The average molecular weight is 239 g/mol. The minimum Gasteiger partial charge on any atom is -0.478 e. The molecule has 0 aliphatic rings. The number of aryl methyl sites for hydroxylation is 1. The highest BCUT2D eigenvalue weighted by atomic mass is 16.4. The lowest BCUT2D eigenvalue weighted by molar-refractivity contribution is 0.0695. The molecule has 0 fully saturated rings. The maximum atomic E-state index is 11.0. The second-order valence-electron chi connectivity index (χ2n) is 4.57. The first-order valence-corrected chi connectivity index (χ1v) is 5.94. The van der Waals surface area contributed by atoms with Crippen LogP contribution in [-0.4, -0.2) is 26.9 Å². The van der Waals surface area contributed by atoms with Gasteiger partial charge in [0, 0.05) is 19.6 Å². The maximum absolute atomic E-state index is 11.0. The Hall–Kier alpha value is -1.36. The molecule has 0 radical (unpaired) electrons. The first-order valence-electron chi connectivity index (χ1n) is 5.94. The maximum Gasteiger partial charge on any atom is 0.339 e. The molecule has 0 saturated heterocycles. The zero-order valence-corrected chi connectivity index (χ0v) is 10.9. The van der Waals surface area contributed by atoms with Gasteiger partial charge in [-0.1, -0.05) is 20.8 Å². The van der Waals surface area contributed by atoms with E-state index in [0.29, 0.717) is 18.5 Å². The summed E-state index contributed by atoms with van der Waals surface area (Å²) in [6.45, 7) is 6.97. The fourth-order valence-electron chi connectivity index (χ4n) is 1.93. The standard InChI is InChI=1S/C12H21N3O2/c1-5-10(8(2)3)13-7-11-9(12(16)17)6-14-15(11)4/h6,8,10,13H,5,7H2,1-4H3,(H,16,17). The number of aromatic nitrogens is 2. The third kappa shape index (κ3) is 3.30. The van der Waals surface area contributed by atoms with Crippen molar-refractivity contribution in [3.05, 3.63) is 17.5 Å². The lowest BCUT2D eigenvalue weighted by atomic mass is 10.0. The molecule has 0 spiro atoms. The van der Waals surface area contributed by atoms with Crippen molar-refractivity contribution in [2.75, 3.05) is 0 Å². The second kappa shape index (κ2) is 5.82. The smallest absolute Gasteiger partial charge is 0.339 e. The Morgan fingerprint density at radius 1 is 1.59 bits per heavy atom. The van der Waals surface area contributed by atoms with Crippen LogP contribution in [0.5, 0.6) is 0 Å². The third-order valence-electron chi connectivity index (χ3n) is 3.07. The van der Waals surface area contributed by atoms with Crippen molar-refractivity contribution in [3.63, 3.8) is 0 Å². The molecule has 96 valence electrons. The molecule has 1 atom stereocenters. The number of nitrogens with zero attached hydrogens (tertiary/aromatic N) is 2. The van der Waals surface area contributed by atoms with E-state index in [-0.39, 0.29) is 5.56 Å². The van der Waals surface area contributed by atoms with Crippen LogP contribution in [-0.2, 0) is 13.6 Å². The molecule has 0 aliphatic heterocycles. The molecule has 0 saturated carbocycles. The van der Waals surface area contributed by atoms with E-state index >= 15 is 0 Å². The highest BCUT2D eigenvalue weighted by Crippen LogP contribution is 2.10. The molecule has 0 amide bonds. The van der Waals surface area contributed by atoms with Crippen LogP contribution in [0.1, 0.15) is 43.2 Å². The van der Waals surface area contributed by atoms with Crippen molar-refractivity contribution in [1.82, 2.24) is 15.1 Å². The van der Waals surface area contributed by atoms with E-state index in [9.17, 15) is 4.79 Å². The van der Waals surface area contributed by atoms with Gasteiger partial charge in [0.25, 0.3) is 0 Å². The molecule has 2 N–H and O–H groups in total. The summed E-state index contributed by atoms with van der Waals surface area (Å²) in [6, 6.07) is 0.395. The van der Waals surface area contributed by atoms with Gasteiger partial charge in [-0.05, 0) is 12.3 Å². The Balaban J connectivity index is 2.74. The van der Waals surface area contributed by atoms with Gasteiger partial charge in [0.1, 0.15) is 5.56 Å². The van der Waals surface area contributed by atoms with Gasteiger partial charge in [0.05, 0.1) is 11.9 Å². The fourth-order valence-corrected chi connectivity index (χ4v) is 1.93. The van der Waals surface area contributed by atoms with Crippen molar-refractivity contribution in [2.24, 2.45) is 13.0 Å². The minimum absolute atomic E-state index is 0.276. The zero-order chi connectivity index (χ0) is 13.0. The Bertz CT molecular complexity index is 385. The molecule has 5 heteroatoms. The van der Waals surface area contributed by atoms with E-state index in [0.717, 1.165) is 12.1 Å². The molecular formula is C12H21N3O2. The topological polar surface area (TPSA) is 67.2 Å². The van der Waals surface area contributed by atoms with E-state index in [2.05, 4.69) is 31.2 Å². The monoisotopic (exact) mass is 239 g/mol. The summed E-state index contributed by atoms with van der Waals surface area (Å²) in [6.07, 6.45) is 2.42. The van der Waals surface area contributed by atoms with E-state index in [4.69, 9.17) is 5.11 Å². The number of carboxylic acids is 1. The van der Waals surface area contributed by atoms with Crippen LogP contribution >= 0.6 is 0 Å². The van der Waals surface area contributed by atoms with Gasteiger partial charge in [0.2, 0.25) is 0 Å². The number of carboxylic acid groups (broad SMARTS) is 1. The number of hydrogen-bond acceptors (Lipinski definition) is 3. The van der Waals surface area contributed by atoms with Gasteiger partial charge < -0.3 is 10.4 Å². The molecule has 5 nitrogen and oxygen atoms in total. The lowest BCUT2D eigenvalue weighted by Crippen LogP contribution is -2.33. The van der Waals surface area contributed by atoms with Crippen molar-refractivity contribution >= 4 is 5.97 Å². The van der Waals surface area contributed by atoms with Gasteiger partial charge in [-0.2, -0.15) is 5.10 Å². The van der Waals surface area contributed by atoms with Gasteiger partial charge in [-0.3, -0.25) is 4.68 Å². The van der Waals surface area contributed by atoms with Crippen LogP contribution in [0, 0.1) is 5.92 Å². The molecule has 17 heavy (non-hydrogen) atoms. The molecule has 1 aromatic rings. The normalized spacial score (nSPS) is 13.0. The van der Waals surface area contributed by atoms with E-state index < -0.39 is 5.97 Å². The van der Waals surface area contributed by atoms with Crippen molar-refractivity contribution in [2.45, 2.75) is 39.8 Å². The summed E-state index contributed by atoms with van der Waals surface area (Å²) >= 11 is 0. The molecule has 1 heterocycles. The number of hydrogen-bond donors (Lipinski definition) is 2. The van der Waals surface area contributed by atoms with Crippen LogP contribution in [0.2, 0.25) is 0 Å². The first kappa shape index (κ1) is 13.7. The summed E-state index contributed by atoms with van der Waals surface area (Å²) in [4.78, 5) is 11.0.